The number of nitrogens with zero attached hydrogens (tertiary/aromatic N) is 3. The third-order valence-electron chi connectivity index (χ3n) is 2.86. The number of hydrogen-bond donors (Lipinski definition) is 1. The Labute approximate surface area is 117 Å². The van der Waals surface area contributed by atoms with Crippen LogP contribution in [0.15, 0.2) is 30.3 Å². The Kier molecular flexibility index (Phi) is 4.31. The molecule has 1 saturated heterocycles. The lowest BCUT2D eigenvalue weighted by atomic mass is 10.3. The average Bonchev–Trinajstić information content (AvgIpc) is 2.79. The Bertz CT molecular complexity index is 511. The molecular formula is C13H14N4OS. The van der Waals surface area contributed by atoms with Gasteiger partial charge in [-0.05, 0) is 24.4 Å². The van der Waals surface area contributed by atoms with Crippen molar-refractivity contribution in [1.29, 1.82) is 5.26 Å². The van der Waals surface area contributed by atoms with Gasteiger partial charge in [-0.3, -0.25) is 4.90 Å². The molecule has 0 aliphatic carbocycles. The van der Waals surface area contributed by atoms with Crippen molar-refractivity contribution in [1.82, 2.24) is 9.80 Å². The first-order valence-electron chi connectivity index (χ1n) is 6.02. The van der Waals surface area contributed by atoms with E-state index in [1.54, 1.807) is 0 Å². The standard InChI is InChI=1S/C13H14N4OS/c14-7-4-8-16-9-10-17(13(16)19)12(18)15-11-5-2-1-3-6-11/h1-3,5-6H,4,8-10H2,(H,15,18). The third kappa shape index (κ3) is 3.20. The van der Waals surface area contributed by atoms with E-state index in [0.717, 1.165) is 5.69 Å². The highest BCUT2D eigenvalue weighted by molar-refractivity contribution is 7.80. The number of para-hydroxylation sites is 1. The van der Waals surface area contributed by atoms with Crippen molar-refractivity contribution < 1.29 is 4.79 Å². The molecule has 1 aromatic rings. The predicted molar refractivity (Wildman–Crippen MR) is 76.6 cm³/mol. The van der Waals surface area contributed by atoms with Crippen molar-refractivity contribution in [3.05, 3.63) is 30.3 Å². The SMILES string of the molecule is N#CCCN1CCN(C(=O)Nc2ccccc2)C1=S. The normalized spacial score (nSPS) is 14.4. The Morgan fingerprint density at radius 2 is 2.11 bits per heavy atom. The van der Waals surface area contributed by atoms with Crippen molar-refractivity contribution in [3.8, 4) is 6.07 Å². The number of benzene rings is 1. The molecular weight excluding hydrogens is 260 g/mol. The molecule has 0 aromatic heterocycles. The zero-order chi connectivity index (χ0) is 13.7. The molecule has 19 heavy (non-hydrogen) atoms. The van der Waals surface area contributed by atoms with E-state index in [1.807, 2.05) is 35.2 Å². The van der Waals surface area contributed by atoms with Gasteiger partial charge in [-0.1, -0.05) is 18.2 Å². The van der Waals surface area contributed by atoms with Crippen molar-refractivity contribution in [2.75, 3.05) is 25.0 Å². The van der Waals surface area contributed by atoms with Crippen LogP contribution in [0.25, 0.3) is 0 Å². The quantitative estimate of drug-likeness (QED) is 0.857. The first-order valence-corrected chi connectivity index (χ1v) is 6.42. The van der Waals surface area contributed by atoms with Crippen LogP contribution in [0.1, 0.15) is 6.42 Å². The van der Waals surface area contributed by atoms with Crippen molar-refractivity contribution in [3.63, 3.8) is 0 Å². The second kappa shape index (κ2) is 6.16. The molecule has 2 rings (SSSR count). The zero-order valence-electron chi connectivity index (χ0n) is 10.4. The first kappa shape index (κ1) is 13.3. The molecule has 1 fully saturated rings. The van der Waals surface area contributed by atoms with E-state index in [-0.39, 0.29) is 6.03 Å². The average molecular weight is 274 g/mol. The van der Waals surface area contributed by atoms with Crippen molar-refractivity contribution >= 4 is 29.0 Å². The number of nitrogens with one attached hydrogen (secondary N) is 1. The minimum Gasteiger partial charge on any atom is -0.346 e. The molecule has 0 radical (unpaired) electrons. The highest BCUT2D eigenvalue weighted by Gasteiger charge is 2.29. The first-order chi connectivity index (χ1) is 9.22. The van der Waals surface area contributed by atoms with Gasteiger partial charge < -0.3 is 10.2 Å². The highest BCUT2D eigenvalue weighted by Crippen LogP contribution is 2.13. The fourth-order valence-corrected chi connectivity index (χ4v) is 2.23. The van der Waals surface area contributed by atoms with Gasteiger partial charge >= 0.3 is 6.03 Å². The summed E-state index contributed by atoms with van der Waals surface area (Å²) in [4.78, 5) is 15.5. The van der Waals surface area contributed by atoms with Crippen molar-refractivity contribution in [2.24, 2.45) is 0 Å². The highest BCUT2D eigenvalue weighted by atomic mass is 32.1. The molecule has 1 aliphatic rings. The Hall–Kier alpha value is -2.13. The topological polar surface area (TPSA) is 59.4 Å². The summed E-state index contributed by atoms with van der Waals surface area (Å²) in [5.41, 5.74) is 0.741. The van der Waals surface area contributed by atoms with Crippen molar-refractivity contribution in [2.45, 2.75) is 6.42 Å². The van der Waals surface area contributed by atoms with E-state index >= 15 is 0 Å². The van der Waals surface area contributed by atoms with E-state index in [1.165, 1.54) is 4.90 Å². The van der Waals surface area contributed by atoms with Gasteiger partial charge in [0.2, 0.25) is 0 Å². The predicted octanol–water partition coefficient (Wildman–Crippen LogP) is 2.03. The van der Waals surface area contributed by atoms with Crippen LogP contribution >= 0.6 is 12.2 Å². The molecule has 0 atom stereocenters. The van der Waals surface area contributed by atoms with Crippen LogP contribution in [0.2, 0.25) is 0 Å². The van der Waals surface area contributed by atoms with E-state index in [4.69, 9.17) is 17.5 Å². The van der Waals surface area contributed by atoms with Crippen LogP contribution < -0.4 is 5.32 Å². The van der Waals surface area contributed by atoms with Gasteiger partial charge in [0.05, 0.1) is 12.5 Å². The second-order valence-corrected chi connectivity index (χ2v) is 4.49. The third-order valence-corrected chi connectivity index (χ3v) is 3.34. The summed E-state index contributed by atoms with van der Waals surface area (Å²) < 4.78 is 0. The summed E-state index contributed by atoms with van der Waals surface area (Å²) in [6.07, 6.45) is 0.411. The van der Waals surface area contributed by atoms with E-state index in [2.05, 4.69) is 11.4 Å². The summed E-state index contributed by atoms with van der Waals surface area (Å²) in [5.74, 6) is 0. The lowest BCUT2D eigenvalue weighted by molar-refractivity contribution is 0.237. The summed E-state index contributed by atoms with van der Waals surface area (Å²) in [6, 6.07) is 11.1. The van der Waals surface area contributed by atoms with Crippen LogP contribution in [-0.4, -0.2) is 40.6 Å². The number of rotatable bonds is 3. The number of nitriles is 1. The van der Waals surface area contributed by atoms with Gasteiger partial charge in [0.1, 0.15) is 0 Å². The number of anilines is 1. The fourth-order valence-electron chi connectivity index (χ4n) is 1.88. The number of thiocarbonyl (C=S) groups is 1. The molecule has 0 unspecified atom stereocenters. The maximum atomic E-state index is 12.1. The van der Waals surface area contributed by atoms with Gasteiger partial charge in [0, 0.05) is 25.3 Å². The number of carbonyl (C=O) groups is 1. The molecule has 1 aromatic carbocycles. The maximum absolute atomic E-state index is 12.1. The monoisotopic (exact) mass is 274 g/mol. The molecule has 6 heteroatoms. The molecule has 0 saturated carbocycles. The lowest BCUT2D eigenvalue weighted by Gasteiger charge is -2.20. The Morgan fingerprint density at radius 3 is 2.79 bits per heavy atom. The Morgan fingerprint density at radius 1 is 1.37 bits per heavy atom. The smallest absolute Gasteiger partial charge is 0.328 e. The van der Waals surface area contributed by atoms with Crippen LogP contribution in [-0.2, 0) is 0 Å². The molecule has 1 aliphatic heterocycles. The molecule has 0 bridgehead atoms. The van der Waals surface area contributed by atoms with E-state index < -0.39 is 0 Å². The molecule has 0 spiro atoms. The molecule has 5 nitrogen and oxygen atoms in total. The second-order valence-electron chi connectivity index (χ2n) is 4.13. The van der Waals surface area contributed by atoms with E-state index in [0.29, 0.717) is 31.2 Å². The lowest BCUT2D eigenvalue weighted by Crippen LogP contribution is -2.39. The maximum Gasteiger partial charge on any atom is 0.328 e. The fraction of sp³-hybridized carbons (Fsp3) is 0.308. The van der Waals surface area contributed by atoms with Gasteiger partial charge in [-0.25, -0.2) is 4.79 Å². The number of hydrogen-bond acceptors (Lipinski definition) is 3. The molecule has 2 amide bonds. The van der Waals surface area contributed by atoms with Gasteiger partial charge in [-0.15, -0.1) is 0 Å². The zero-order valence-corrected chi connectivity index (χ0v) is 11.2. The largest absolute Gasteiger partial charge is 0.346 e. The molecule has 98 valence electrons. The summed E-state index contributed by atoms with van der Waals surface area (Å²) in [5, 5.41) is 11.9. The molecule has 1 heterocycles. The van der Waals surface area contributed by atoms with Crippen LogP contribution in [0.3, 0.4) is 0 Å². The number of amides is 2. The summed E-state index contributed by atoms with van der Waals surface area (Å²) in [6.45, 7) is 1.82. The van der Waals surface area contributed by atoms with Crippen LogP contribution in [0.5, 0.6) is 0 Å². The number of urea groups is 1. The minimum atomic E-state index is -0.226. The van der Waals surface area contributed by atoms with Gasteiger partial charge in [0.15, 0.2) is 5.11 Å². The summed E-state index contributed by atoms with van der Waals surface area (Å²) in [7, 11) is 0. The minimum absolute atomic E-state index is 0.226. The van der Waals surface area contributed by atoms with Crippen LogP contribution in [0.4, 0.5) is 10.5 Å². The number of carbonyl (C=O) groups excluding carboxylic acids is 1. The summed E-state index contributed by atoms with van der Waals surface area (Å²) >= 11 is 5.25. The van der Waals surface area contributed by atoms with E-state index in [9.17, 15) is 4.79 Å². The van der Waals surface area contributed by atoms with Gasteiger partial charge in [0.25, 0.3) is 0 Å². The Balaban J connectivity index is 1.94. The van der Waals surface area contributed by atoms with Crippen LogP contribution in [0, 0.1) is 11.3 Å². The molecule has 1 N–H and O–H groups in total. The van der Waals surface area contributed by atoms with Gasteiger partial charge in [-0.2, -0.15) is 5.26 Å².